The predicted molar refractivity (Wildman–Crippen MR) is 85.2 cm³/mol. The monoisotopic (exact) mass is 306 g/mol. The van der Waals surface area contributed by atoms with Crippen molar-refractivity contribution in [3.8, 4) is 0 Å². The summed E-state index contributed by atoms with van der Waals surface area (Å²) >= 11 is 3.71. The molecule has 3 N–H and O–H groups in total. The van der Waals surface area contributed by atoms with E-state index in [1.807, 2.05) is 23.9 Å². The first-order valence-corrected chi connectivity index (χ1v) is 8.74. The van der Waals surface area contributed by atoms with Crippen LogP contribution in [-0.4, -0.2) is 22.4 Å². The van der Waals surface area contributed by atoms with Crippen LogP contribution in [0.5, 0.6) is 0 Å². The third-order valence-electron chi connectivity index (χ3n) is 3.71. The number of aliphatic hydroxyl groups excluding tert-OH is 1. The number of aliphatic hydroxyl groups is 1. The maximum absolute atomic E-state index is 10.7. The molecule has 0 amide bonds. The van der Waals surface area contributed by atoms with Crippen molar-refractivity contribution in [2.75, 3.05) is 12.3 Å². The molecule has 0 saturated heterocycles. The topological polar surface area (TPSA) is 59.1 Å². The van der Waals surface area contributed by atoms with E-state index in [4.69, 9.17) is 5.73 Å². The van der Waals surface area contributed by atoms with Crippen LogP contribution in [0, 0.1) is 0 Å². The summed E-state index contributed by atoms with van der Waals surface area (Å²) in [5.74, 6) is 2.19. The predicted octanol–water partition coefficient (Wildman–Crippen LogP) is 2.71. The zero-order valence-electron chi connectivity index (χ0n) is 11.2. The Morgan fingerprint density at radius 2 is 2.15 bits per heavy atom. The van der Waals surface area contributed by atoms with Gasteiger partial charge in [0.2, 0.25) is 0 Å². The van der Waals surface area contributed by atoms with Crippen molar-refractivity contribution in [1.29, 1.82) is 0 Å². The summed E-state index contributed by atoms with van der Waals surface area (Å²) in [5, 5.41) is 10.7. The Morgan fingerprint density at radius 1 is 1.35 bits per heavy atom. The summed E-state index contributed by atoms with van der Waals surface area (Å²) in [6.07, 6.45) is 4.10. The Kier molecular flexibility index (Phi) is 4.41. The highest BCUT2D eigenvalue weighted by Crippen LogP contribution is 2.38. The molecular formula is C15H18N2OS2. The summed E-state index contributed by atoms with van der Waals surface area (Å²) in [5.41, 5.74) is 8.33. The van der Waals surface area contributed by atoms with Crippen molar-refractivity contribution in [1.82, 2.24) is 4.98 Å². The number of nitrogens with zero attached hydrogens (tertiary/aromatic N) is 1. The van der Waals surface area contributed by atoms with Crippen molar-refractivity contribution in [3.05, 3.63) is 51.5 Å². The second-order valence-electron chi connectivity index (χ2n) is 4.97. The summed E-state index contributed by atoms with van der Waals surface area (Å²) in [6, 6.07) is 6.04. The average Bonchev–Trinajstić information content (AvgIpc) is 2.93. The number of thioether (sulfide) groups is 1. The molecule has 2 aromatic rings. The van der Waals surface area contributed by atoms with Gasteiger partial charge in [-0.25, -0.2) is 0 Å². The number of rotatable bonds is 4. The van der Waals surface area contributed by atoms with Crippen LogP contribution in [-0.2, 0) is 12.2 Å². The third-order valence-corrected chi connectivity index (χ3v) is 6.02. The molecular weight excluding hydrogens is 288 g/mol. The first kappa shape index (κ1) is 14.1. The van der Waals surface area contributed by atoms with Crippen LogP contribution < -0.4 is 5.73 Å². The van der Waals surface area contributed by atoms with Gasteiger partial charge in [-0.05, 0) is 41.5 Å². The minimum Gasteiger partial charge on any atom is -0.387 e. The van der Waals surface area contributed by atoms with Gasteiger partial charge in [0.15, 0.2) is 0 Å². The van der Waals surface area contributed by atoms with Gasteiger partial charge >= 0.3 is 0 Å². The molecule has 2 aromatic heterocycles. The summed E-state index contributed by atoms with van der Waals surface area (Å²) < 4.78 is 0. The first-order valence-electron chi connectivity index (χ1n) is 6.77. The summed E-state index contributed by atoms with van der Waals surface area (Å²) in [4.78, 5) is 6.50. The molecule has 106 valence electrons. The molecule has 0 saturated carbocycles. The van der Waals surface area contributed by atoms with Gasteiger partial charge in [0.25, 0.3) is 0 Å². The van der Waals surface area contributed by atoms with Gasteiger partial charge in [0.1, 0.15) is 0 Å². The van der Waals surface area contributed by atoms with Crippen molar-refractivity contribution >= 4 is 23.1 Å². The first-order chi connectivity index (χ1) is 9.79. The normalized spacial score (nSPS) is 17.5. The van der Waals surface area contributed by atoms with Crippen molar-refractivity contribution in [2.45, 2.75) is 24.2 Å². The molecule has 0 aromatic carbocycles. The molecule has 0 fully saturated rings. The third kappa shape index (κ3) is 2.76. The minimum atomic E-state index is -0.525. The minimum absolute atomic E-state index is 0.0641. The Hall–Kier alpha value is -0.880. The number of hydrogen-bond donors (Lipinski definition) is 2. The maximum atomic E-state index is 10.7. The molecule has 3 nitrogen and oxygen atoms in total. The van der Waals surface area contributed by atoms with Gasteiger partial charge in [0.05, 0.1) is 6.10 Å². The van der Waals surface area contributed by atoms with Gasteiger partial charge in [-0.3, -0.25) is 4.98 Å². The van der Waals surface area contributed by atoms with Crippen molar-refractivity contribution < 1.29 is 5.11 Å². The molecule has 0 bridgehead atoms. The van der Waals surface area contributed by atoms with Gasteiger partial charge < -0.3 is 10.8 Å². The van der Waals surface area contributed by atoms with Crippen LogP contribution >= 0.6 is 23.1 Å². The molecule has 20 heavy (non-hydrogen) atoms. The molecule has 0 radical (unpaired) electrons. The lowest BCUT2D eigenvalue weighted by atomic mass is 9.93. The SMILES string of the molecule is NCC(c1ccncc1)C(O)c1cc2c(s1)CCSC2. The van der Waals surface area contributed by atoms with E-state index in [1.54, 1.807) is 23.7 Å². The van der Waals surface area contributed by atoms with Crippen LogP contribution in [0.2, 0.25) is 0 Å². The highest BCUT2D eigenvalue weighted by molar-refractivity contribution is 7.98. The zero-order valence-corrected chi connectivity index (χ0v) is 12.8. The van der Waals surface area contributed by atoms with E-state index < -0.39 is 6.10 Å². The molecule has 1 aliphatic heterocycles. The number of hydrogen-bond acceptors (Lipinski definition) is 5. The quantitative estimate of drug-likeness (QED) is 0.912. The average molecular weight is 306 g/mol. The lowest BCUT2D eigenvalue weighted by molar-refractivity contribution is 0.151. The molecule has 0 aliphatic carbocycles. The van der Waals surface area contributed by atoms with E-state index in [0.29, 0.717) is 6.54 Å². The van der Waals surface area contributed by atoms with Gasteiger partial charge in [-0.2, -0.15) is 11.8 Å². The molecule has 2 atom stereocenters. The largest absolute Gasteiger partial charge is 0.387 e. The fourth-order valence-electron chi connectivity index (χ4n) is 2.57. The summed E-state index contributed by atoms with van der Waals surface area (Å²) in [7, 11) is 0. The van der Waals surface area contributed by atoms with Crippen LogP contribution in [0.1, 0.15) is 32.9 Å². The fourth-order valence-corrected chi connectivity index (χ4v) is 5.00. The molecule has 0 spiro atoms. The van der Waals surface area contributed by atoms with Gasteiger partial charge in [-0.15, -0.1) is 11.3 Å². The van der Waals surface area contributed by atoms with E-state index in [-0.39, 0.29) is 5.92 Å². The maximum Gasteiger partial charge on any atom is 0.0962 e. The lowest BCUT2D eigenvalue weighted by Gasteiger charge is -2.20. The number of nitrogens with two attached hydrogens (primary N) is 1. The Bertz CT molecular complexity index is 547. The van der Waals surface area contributed by atoms with Crippen molar-refractivity contribution in [2.24, 2.45) is 5.73 Å². The van der Waals surface area contributed by atoms with E-state index in [9.17, 15) is 5.11 Å². The van der Waals surface area contributed by atoms with Crippen LogP contribution in [0.3, 0.4) is 0 Å². The number of pyridine rings is 1. The molecule has 1 aliphatic rings. The standard InChI is InChI=1S/C15H18N2OS2/c16-8-12(10-1-4-17-5-2-10)15(18)14-7-11-9-19-6-3-13(11)20-14/h1-2,4-5,7,12,15,18H,3,6,8-9,16H2. The number of aryl methyl sites for hydroxylation is 1. The van der Waals surface area contributed by atoms with Gasteiger partial charge in [0, 0.05) is 40.4 Å². The number of fused-ring (bicyclic) bond motifs is 1. The second kappa shape index (κ2) is 6.26. The fraction of sp³-hybridized carbons (Fsp3) is 0.400. The lowest BCUT2D eigenvalue weighted by Crippen LogP contribution is -2.19. The van der Waals surface area contributed by atoms with E-state index in [2.05, 4.69) is 11.1 Å². The van der Waals surface area contributed by atoms with E-state index in [1.165, 1.54) is 16.2 Å². The zero-order chi connectivity index (χ0) is 13.9. The Morgan fingerprint density at radius 3 is 2.85 bits per heavy atom. The van der Waals surface area contributed by atoms with Crippen LogP contribution in [0.25, 0.3) is 0 Å². The second-order valence-corrected chi connectivity index (χ2v) is 7.24. The molecule has 3 heterocycles. The molecule has 3 rings (SSSR count). The van der Waals surface area contributed by atoms with Crippen LogP contribution in [0.15, 0.2) is 30.6 Å². The smallest absolute Gasteiger partial charge is 0.0962 e. The van der Waals surface area contributed by atoms with E-state index >= 15 is 0 Å². The molecule has 2 unspecified atom stereocenters. The van der Waals surface area contributed by atoms with Crippen LogP contribution in [0.4, 0.5) is 0 Å². The van der Waals surface area contributed by atoms with Gasteiger partial charge in [-0.1, -0.05) is 0 Å². The highest BCUT2D eigenvalue weighted by atomic mass is 32.2. The number of aromatic nitrogens is 1. The Labute approximate surface area is 127 Å². The van der Waals surface area contributed by atoms with Crippen molar-refractivity contribution in [3.63, 3.8) is 0 Å². The number of thiophene rings is 1. The highest BCUT2D eigenvalue weighted by Gasteiger charge is 2.25. The Balaban J connectivity index is 1.86. The summed E-state index contributed by atoms with van der Waals surface area (Å²) in [6.45, 7) is 0.433. The molecule has 5 heteroatoms. The van der Waals surface area contributed by atoms with E-state index in [0.717, 1.165) is 22.6 Å².